The number of hydrogen-bond donors (Lipinski definition) is 1. The Labute approximate surface area is 154 Å². The van der Waals surface area contributed by atoms with Crippen LogP contribution in [-0.2, 0) is 9.59 Å². The van der Waals surface area contributed by atoms with Gasteiger partial charge in [-0.05, 0) is 36.9 Å². The normalized spacial score (nSPS) is 28.0. The van der Waals surface area contributed by atoms with Gasteiger partial charge in [-0.1, -0.05) is 60.7 Å². The van der Waals surface area contributed by atoms with Gasteiger partial charge in [-0.3, -0.25) is 19.8 Å². The van der Waals surface area contributed by atoms with Gasteiger partial charge in [-0.15, -0.1) is 0 Å². The summed E-state index contributed by atoms with van der Waals surface area (Å²) in [5.41, 5.74) is 2.06. The van der Waals surface area contributed by atoms with Gasteiger partial charge in [0.1, 0.15) is 0 Å². The van der Waals surface area contributed by atoms with Gasteiger partial charge in [-0.2, -0.15) is 0 Å². The lowest BCUT2D eigenvalue weighted by Crippen LogP contribution is -2.35. The second kappa shape index (κ2) is 7.04. The Balaban J connectivity index is 1.34. The SMILES string of the molecule is O=C1NC(=O)C2(CCCN3CC=C(c4ccccc4)CC3)C=CC=CC12. The third-order valence-electron chi connectivity index (χ3n) is 5.81. The number of rotatable bonds is 5. The molecule has 2 atom stereocenters. The standard InChI is InChI=1S/C22H24N2O2/c25-20-19-9-4-5-12-22(19,21(26)23-20)13-6-14-24-15-10-18(11-16-24)17-7-2-1-3-8-17/h1-5,7-10,12,19H,6,11,13-16H2,(H,23,25,26). The molecule has 2 unspecified atom stereocenters. The first kappa shape index (κ1) is 17.0. The summed E-state index contributed by atoms with van der Waals surface area (Å²) in [6.45, 7) is 2.94. The minimum Gasteiger partial charge on any atom is -0.299 e. The summed E-state index contributed by atoms with van der Waals surface area (Å²) in [6.07, 6.45) is 12.5. The average molecular weight is 348 g/mol. The molecule has 2 heterocycles. The average Bonchev–Trinajstić information content (AvgIpc) is 2.94. The lowest BCUT2D eigenvalue weighted by Gasteiger charge is -2.31. The number of carbonyl (C=O) groups excluding carboxylic acids is 2. The minimum atomic E-state index is -0.674. The van der Waals surface area contributed by atoms with Gasteiger partial charge >= 0.3 is 0 Å². The van der Waals surface area contributed by atoms with Crippen molar-refractivity contribution >= 4 is 17.4 Å². The van der Waals surface area contributed by atoms with Crippen molar-refractivity contribution in [3.63, 3.8) is 0 Å². The van der Waals surface area contributed by atoms with E-state index in [0.717, 1.165) is 32.5 Å². The van der Waals surface area contributed by atoms with Crippen LogP contribution in [-0.4, -0.2) is 36.3 Å². The quantitative estimate of drug-likeness (QED) is 0.833. The van der Waals surface area contributed by atoms with Crippen molar-refractivity contribution in [3.8, 4) is 0 Å². The highest BCUT2D eigenvalue weighted by Crippen LogP contribution is 2.42. The summed E-state index contributed by atoms with van der Waals surface area (Å²) >= 11 is 0. The van der Waals surface area contributed by atoms with Crippen LogP contribution in [0.15, 0.2) is 60.7 Å². The Hall–Kier alpha value is -2.46. The van der Waals surface area contributed by atoms with E-state index in [9.17, 15) is 9.59 Å². The second-order valence-corrected chi connectivity index (χ2v) is 7.33. The highest BCUT2D eigenvalue weighted by atomic mass is 16.2. The van der Waals surface area contributed by atoms with Crippen LogP contribution in [0.1, 0.15) is 24.8 Å². The lowest BCUT2D eigenvalue weighted by atomic mass is 9.71. The first-order valence-corrected chi connectivity index (χ1v) is 9.37. The number of carbonyl (C=O) groups is 2. The largest absolute Gasteiger partial charge is 0.299 e. The molecule has 3 aliphatic rings. The summed E-state index contributed by atoms with van der Waals surface area (Å²) in [4.78, 5) is 26.8. The summed E-state index contributed by atoms with van der Waals surface area (Å²) < 4.78 is 0. The summed E-state index contributed by atoms with van der Waals surface area (Å²) in [7, 11) is 0. The van der Waals surface area contributed by atoms with E-state index in [1.54, 1.807) is 0 Å². The summed E-state index contributed by atoms with van der Waals surface area (Å²) in [5.74, 6) is -0.645. The van der Waals surface area contributed by atoms with Gasteiger partial charge < -0.3 is 0 Å². The van der Waals surface area contributed by atoms with Crippen LogP contribution in [0.3, 0.4) is 0 Å². The van der Waals surface area contributed by atoms with Crippen LogP contribution in [0.5, 0.6) is 0 Å². The van der Waals surface area contributed by atoms with Crippen LogP contribution >= 0.6 is 0 Å². The molecule has 0 bridgehead atoms. The van der Waals surface area contributed by atoms with Gasteiger partial charge in [0.15, 0.2) is 0 Å². The van der Waals surface area contributed by atoms with Gasteiger partial charge in [0.25, 0.3) is 0 Å². The Kier molecular flexibility index (Phi) is 4.60. The fourth-order valence-corrected chi connectivity index (χ4v) is 4.30. The number of benzene rings is 1. The Bertz CT molecular complexity index is 794. The van der Waals surface area contributed by atoms with Crippen LogP contribution in [0.25, 0.3) is 5.57 Å². The molecular weight excluding hydrogens is 324 g/mol. The Morgan fingerprint density at radius 1 is 1.15 bits per heavy atom. The van der Waals surface area contributed by atoms with Crippen LogP contribution in [0, 0.1) is 11.3 Å². The molecule has 0 saturated carbocycles. The van der Waals surface area contributed by atoms with Gasteiger partial charge in [0, 0.05) is 13.1 Å². The molecule has 4 nitrogen and oxygen atoms in total. The maximum atomic E-state index is 12.4. The van der Waals surface area contributed by atoms with E-state index in [1.165, 1.54) is 11.1 Å². The molecule has 26 heavy (non-hydrogen) atoms. The van der Waals surface area contributed by atoms with E-state index < -0.39 is 5.41 Å². The van der Waals surface area contributed by atoms with E-state index in [0.29, 0.717) is 6.42 Å². The zero-order valence-corrected chi connectivity index (χ0v) is 14.9. The molecule has 0 radical (unpaired) electrons. The van der Waals surface area contributed by atoms with Crippen molar-refractivity contribution in [1.82, 2.24) is 10.2 Å². The molecule has 4 rings (SSSR count). The molecule has 134 valence electrons. The van der Waals surface area contributed by atoms with Crippen molar-refractivity contribution < 1.29 is 9.59 Å². The van der Waals surface area contributed by atoms with Crippen molar-refractivity contribution in [1.29, 1.82) is 0 Å². The summed E-state index contributed by atoms with van der Waals surface area (Å²) in [5, 5.41) is 2.51. The first-order chi connectivity index (χ1) is 12.7. The Morgan fingerprint density at radius 2 is 2.00 bits per heavy atom. The number of amides is 2. The van der Waals surface area contributed by atoms with E-state index in [4.69, 9.17) is 0 Å². The van der Waals surface area contributed by atoms with Crippen LogP contribution < -0.4 is 5.32 Å². The maximum absolute atomic E-state index is 12.4. The minimum absolute atomic E-state index is 0.141. The highest BCUT2D eigenvalue weighted by Gasteiger charge is 2.52. The van der Waals surface area contributed by atoms with E-state index in [2.05, 4.69) is 40.6 Å². The molecule has 2 amide bonds. The predicted octanol–water partition coefficient (Wildman–Crippen LogP) is 2.94. The molecule has 1 fully saturated rings. The molecule has 0 spiro atoms. The zero-order valence-electron chi connectivity index (χ0n) is 14.9. The van der Waals surface area contributed by atoms with Gasteiger partial charge in [0.2, 0.25) is 11.8 Å². The van der Waals surface area contributed by atoms with E-state index in [-0.39, 0.29) is 17.7 Å². The number of imide groups is 1. The fourth-order valence-electron chi connectivity index (χ4n) is 4.30. The van der Waals surface area contributed by atoms with Crippen molar-refractivity contribution in [2.45, 2.75) is 19.3 Å². The monoisotopic (exact) mass is 348 g/mol. The Morgan fingerprint density at radius 3 is 2.77 bits per heavy atom. The van der Waals surface area contributed by atoms with E-state index >= 15 is 0 Å². The van der Waals surface area contributed by atoms with Crippen molar-refractivity contribution in [3.05, 3.63) is 66.3 Å². The zero-order chi connectivity index (χ0) is 18.0. The molecule has 4 heteroatoms. The number of nitrogens with zero attached hydrogens (tertiary/aromatic N) is 1. The third kappa shape index (κ3) is 3.06. The maximum Gasteiger partial charge on any atom is 0.237 e. The topological polar surface area (TPSA) is 49.4 Å². The van der Waals surface area contributed by atoms with Crippen molar-refractivity contribution in [2.75, 3.05) is 19.6 Å². The van der Waals surface area contributed by atoms with Crippen LogP contribution in [0.2, 0.25) is 0 Å². The predicted molar refractivity (Wildman–Crippen MR) is 102 cm³/mol. The number of nitrogens with one attached hydrogen (secondary N) is 1. The number of fused-ring (bicyclic) bond motifs is 1. The highest BCUT2D eigenvalue weighted by molar-refractivity contribution is 6.09. The number of allylic oxidation sites excluding steroid dienone is 2. The summed E-state index contributed by atoms with van der Waals surface area (Å²) in [6, 6.07) is 10.5. The molecule has 1 N–H and O–H groups in total. The molecule has 1 aromatic rings. The van der Waals surface area contributed by atoms with Crippen LogP contribution in [0.4, 0.5) is 0 Å². The third-order valence-corrected chi connectivity index (χ3v) is 5.81. The molecule has 1 saturated heterocycles. The molecule has 2 aliphatic heterocycles. The lowest BCUT2D eigenvalue weighted by molar-refractivity contribution is -0.127. The van der Waals surface area contributed by atoms with Crippen molar-refractivity contribution in [2.24, 2.45) is 11.3 Å². The molecule has 1 aliphatic carbocycles. The second-order valence-electron chi connectivity index (χ2n) is 7.33. The van der Waals surface area contributed by atoms with Gasteiger partial charge in [-0.25, -0.2) is 0 Å². The molecule has 0 aromatic heterocycles. The number of hydrogen-bond acceptors (Lipinski definition) is 3. The first-order valence-electron chi connectivity index (χ1n) is 9.37. The van der Waals surface area contributed by atoms with E-state index in [1.807, 2.05) is 30.4 Å². The molecular formula is C22H24N2O2. The smallest absolute Gasteiger partial charge is 0.237 e. The van der Waals surface area contributed by atoms with Gasteiger partial charge in [0.05, 0.1) is 11.3 Å². The fraction of sp³-hybridized carbons (Fsp3) is 0.364. The molecule has 1 aromatic carbocycles.